The predicted octanol–water partition coefficient (Wildman–Crippen LogP) is 4.02. The van der Waals surface area contributed by atoms with Crippen LogP contribution >= 0.6 is 24.0 Å². The van der Waals surface area contributed by atoms with E-state index in [1.54, 1.807) is 14.2 Å². The Kier molecular flexibility index (Phi) is 11.9. The minimum absolute atomic E-state index is 0. The van der Waals surface area contributed by atoms with Gasteiger partial charge in [0.2, 0.25) is 0 Å². The van der Waals surface area contributed by atoms with Crippen molar-refractivity contribution < 1.29 is 9.53 Å². The minimum Gasteiger partial charge on any atom is -0.496 e. The number of hydrogen-bond donors (Lipinski definition) is 3. The van der Waals surface area contributed by atoms with Crippen molar-refractivity contribution in [2.45, 2.75) is 39.8 Å². The maximum absolute atomic E-state index is 12.1. The SMILES string of the molecule is CCCCNC(=O)c1ccc(CNC(=NC)NCc2ccc(C)cc2OC)cc1.I. The molecule has 0 heterocycles. The van der Waals surface area contributed by atoms with Crippen molar-refractivity contribution in [3.8, 4) is 5.75 Å². The average Bonchev–Trinajstić information content (AvgIpc) is 2.75. The monoisotopic (exact) mass is 524 g/mol. The van der Waals surface area contributed by atoms with Gasteiger partial charge in [0.15, 0.2) is 5.96 Å². The van der Waals surface area contributed by atoms with Crippen LogP contribution in [-0.4, -0.2) is 32.6 Å². The summed E-state index contributed by atoms with van der Waals surface area (Å²) in [5, 5.41) is 9.53. The Morgan fingerprint density at radius 1 is 1.03 bits per heavy atom. The van der Waals surface area contributed by atoms with Crippen LogP contribution in [0.3, 0.4) is 0 Å². The van der Waals surface area contributed by atoms with Crippen molar-refractivity contribution in [2.24, 2.45) is 4.99 Å². The lowest BCUT2D eigenvalue weighted by atomic mass is 10.1. The molecule has 0 spiro atoms. The smallest absolute Gasteiger partial charge is 0.251 e. The zero-order chi connectivity index (χ0) is 21.1. The van der Waals surface area contributed by atoms with Gasteiger partial charge in [-0.2, -0.15) is 0 Å². The highest BCUT2D eigenvalue weighted by atomic mass is 127. The van der Waals surface area contributed by atoms with E-state index in [-0.39, 0.29) is 29.9 Å². The first-order valence-corrected chi connectivity index (χ1v) is 10.0. The number of aryl methyl sites for hydroxylation is 1. The Morgan fingerprint density at radius 2 is 1.73 bits per heavy atom. The quantitative estimate of drug-likeness (QED) is 0.201. The van der Waals surface area contributed by atoms with Crippen LogP contribution in [0.1, 0.15) is 46.8 Å². The zero-order valence-corrected chi connectivity index (χ0v) is 20.6. The molecule has 0 aliphatic rings. The molecule has 0 saturated carbocycles. The molecule has 0 unspecified atom stereocenters. The molecule has 2 rings (SSSR count). The van der Waals surface area contributed by atoms with Crippen LogP contribution in [0.4, 0.5) is 0 Å². The second-order valence-corrected chi connectivity index (χ2v) is 6.90. The molecule has 0 aliphatic carbocycles. The standard InChI is InChI=1S/C23H32N4O2.HI/c1-5-6-13-25-22(28)19-11-8-18(9-12-19)15-26-23(24-3)27-16-20-10-7-17(2)14-21(20)29-4;/h7-12,14H,5-6,13,15-16H2,1-4H3,(H,25,28)(H2,24,26,27);1H. The van der Waals surface area contributed by atoms with E-state index < -0.39 is 0 Å². The van der Waals surface area contributed by atoms with E-state index in [1.807, 2.05) is 37.3 Å². The van der Waals surface area contributed by atoms with Crippen molar-refractivity contribution in [3.05, 3.63) is 64.7 Å². The molecule has 0 atom stereocenters. The molecule has 7 heteroatoms. The Labute approximate surface area is 196 Å². The largest absolute Gasteiger partial charge is 0.496 e. The molecule has 2 aromatic carbocycles. The average molecular weight is 524 g/mol. The van der Waals surface area contributed by atoms with Gasteiger partial charge in [-0.1, -0.05) is 37.6 Å². The van der Waals surface area contributed by atoms with E-state index in [1.165, 1.54) is 0 Å². The normalized spacial score (nSPS) is 10.7. The molecule has 1 amide bonds. The second kappa shape index (κ2) is 13.8. The topological polar surface area (TPSA) is 74.8 Å². The summed E-state index contributed by atoms with van der Waals surface area (Å²) >= 11 is 0. The Bertz CT molecular complexity index is 822. The van der Waals surface area contributed by atoms with Gasteiger partial charge in [0.05, 0.1) is 7.11 Å². The molecular weight excluding hydrogens is 491 g/mol. The van der Waals surface area contributed by atoms with E-state index in [4.69, 9.17) is 4.74 Å². The van der Waals surface area contributed by atoms with E-state index in [0.717, 1.165) is 35.3 Å². The molecule has 6 nitrogen and oxygen atoms in total. The maximum Gasteiger partial charge on any atom is 0.251 e. The summed E-state index contributed by atoms with van der Waals surface area (Å²) in [4.78, 5) is 16.3. The molecule has 0 aliphatic heterocycles. The van der Waals surface area contributed by atoms with Crippen LogP contribution in [0.5, 0.6) is 5.75 Å². The third kappa shape index (κ3) is 8.22. The maximum atomic E-state index is 12.1. The van der Waals surface area contributed by atoms with Gasteiger partial charge < -0.3 is 20.7 Å². The number of nitrogens with zero attached hydrogens (tertiary/aromatic N) is 1. The molecular formula is C23H33IN4O2. The Morgan fingerprint density at radius 3 is 2.37 bits per heavy atom. The minimum atomic E-state index is -0.0255. The number of guanidine groups is 1. The molecule has 0 radical (unpaired) electrons. The summed E-state index contributed by atoms with van der Waals surface area (Å²) in [5.74, 6) is 1.54. The number of unbranched alkanes of at least 4 members (excludes halogenated alkanes) is 1. The van der Waals surface area contributed by atoms with Gasteiger partial charge in [0.1, 0.15) is 5.75 Å². The summed E-state index contributed by atoms with van der Waals surface area (Å²) in [7, 11) is 3.42. The van der Waals surface area contributed by atoms with Crippen LogP contribution in [0.2, 0.25) is 0 Å². The number of ether oxygens (including phenoxy) is 1. The van der Waals surface area contributed by atoms with Crippen LogP contribution in [-0.2, 0) is 13.1 Å². The summed E-state index contributed by atoms with van der Waals surface area (Å²) in [6.07, 6.45) is 2.06. The first-order chi connectivity index (χ1) is 14.1. The number of hydrogen-bond acceptors (Lipinski definition) is 3. The summed E-state index contributed by atoms with van der Waals surface area (Å²) in [6, 6.07) is 13.8. The summed E-state index contributed by atoms with van der Waals surface area (Å²) in [5.41, 5.74) is 3.99. The fourth-order valence-electron chi connectivity index (χ4n) is 2.84. The molecule has 0 fully saturated rings. The zero-order valence-electron chi connectivity index (χ0n) is 18.2. The predicted molar refractivity (Wildman–Crippen MR) is 134 cm³/mol. The third-order valence-corrected chi connectivity index (χ3v) is 4.60. The lowest BCUT2D eigenvalue weighted by Gasteiger charge is -2.14. The van der Waals surface area contributed by atoms with Gasteiger partial charge in [0, 0.05) is 37.8 Å². The Balaban J connectivity index is 0.00000450. The molecule has 30 heavy (non-hydrogen) atoms. The molecule has 0 aromatic heterocycles. The van der Waals surface area contributed by atoms with Crippen LogP contribution in [0, 0.1) is 6.92 Å². The van der Waals surface area contributed by atoms with Crippen molar-refractivity contribution in [2.75, 3.05) is 20.7 Å². The first kappa shape index (κ1) is 25.7. The number of methoxy groups -OCH3 is 1. The highest BCUT2D eigenvalue weighted by molar-refractivity contribution is 14.0. The number of aliphatic imine (C=N–C) groups is 1. The van der Waals surface area contributed by atoms with Crippen molar-refractivity contribution >= 4 is 35.8 Å². The number of amides is 1. The van der Waals surface area contributed by atoms with Gasteiger partial charge in [0.25, 0.3) is 5.91 Å². The van der Waals surface area contributed by atoms with Gasteiger partial charge in [-0.3, -0.25) is 9.79 Å². The van der Waals surface area contributed by atoms with Gasteiger partial charge >= 0.3 is 0 Å². The highest BCUT2D eigenvalue weighted by Gasteiger charge is 2.06. The fraction of sp³-hybridized carbons (Fsp3) is 0.391. The molecule has 3 N–H and O–H groups in total. The van der Waals surface area contributed by atoms with Crippen LogP contribution < -0.4 is 20.7 Å². The van der Waals surface area contributed by atoms with Crippen LogP contribution in [0.15, 0.2) is 47.5 Å². The van der Waals surface area contributed by atoms with E-state index in [9.17, 15) is 4.79 Å². The number of halogens is 1. The first-order valence-electron chi connectivity index (χ1n) is 10.0. The van der Waals surface area contributed by atoms with E-state index >= 15 is 0 Å². The fourth-order valence-corrected chi connectivity index (χ4v) is 2.84. The van der Waals surface area contributed by atoms with Crippen molar-refractivity contribution in [3.63, 3.8) is 0 Å². The van der Waals surface area contributed by atoms with Crippen molar-refractivity contribution in [1.29, 1.82) is 0 Å². The van der Waals surface area contributed by atoms with Crippen molar-refractivity contribution in [1.82, 2.24) is 16.0 Å². The number of nitrogens with one attached hydrogen (secondary N) is 3. The Hall–Kier alpha value is -2.29. The summed E-state index contributed by atoms with van der Waals surface area (Å²) in [6.45, 7) is 6.09. The lowest BCUT2D eigenvalue weighted by molar-refractivity contribution is 0.0953. The summed E-state index contributed by atoms with van der Waals surface area (Å²) < 4.78 is 5.45. The van der Waals surface area contributed by atoms with E-state index in [0.29, 0.717) is 31.2 Å². The van der Waals surface area contributed by atoms with Gasteiger partial charge in [-0.05, 0) is 42.7 Å². The number of rotatable bonds is 9. The number of benzene rings is 2. The number of carbonyl (C=O) groups is 1. The van der Waals surface area contributed by atoms with Gasteiger partial charge in [-0.25, -0.2) is 0 Å². The molecule has 164 valence electrons. The lowest BCUT2D eigenvalue weighted by Crippen LogP contribution is -2.36. The molecule has 2 aromatic rings. The van der Waals surface area contributed by atoms with E-state index in [2.05, 4.69) is 40.0 Å². The highest BCUT2D eigenvalue weighted by Crippen LogP contribution is 2.19. The molecule has 0 bridgehead atoms. The van der Waals surface area contributed by atoms with Gasteiger partial charge in [-0.15, -0.1) is 24.0 Å². The molecule has 0 saturated heterocycles. The number of carbonyl (C=O) groups excluding carboxylic acids is 1. The second-order valence-electron chi connectivity index (χ2n) is 6.90. The third-order valence-electron chi connectivity index (χ3n) is 4.60. The van der Waals surface area contributed by atoms with Crippen LogP contribution in [0.25, 0.3) is 0 Å².